The Bertz CT molecular complexity index is 288. The van der Waals surface area contributed by atoms with Crippen molar-refractivity contribution in [3.8, 4) is 0 Å². The summed E-state index contributed by atoms with van der Waals surface area (Å²) >= 11 is 0. The van der Waals surface area contributed by atoms with E-state index in [1.54, 1.807) is 0 Å². The molecule has 1 unspecified atom stereocenters. The number of nitrogens with one attached hydrogen (secondary N) is 1. The minimum absolute atomic E-state index is 0.453. The molecule has 0 aliphatic carbocycles. The maximum absolute atomic E-state index is 10.6. The lowest BCUT2D eigenvalue weighted by molar-refractivity contribution is -0.0197. The van der Waals surface area contributed by atoms with Gasteiger partial charge in [-0.25, -0.2) is 0 Å². The Morgan fingerprint density at radius 3 is 2.63 bits per heavy atom. The molecule has 0 aromatic rings. The molecule has 0 saturated carbocycles. The van der Waals surface area contributed by atoms with Crippen molar-refractivity contribution in [3.05, 3.63) is 0 Å². The van der Waals surface area contributed by atoms with Gasteiger partial charge in [0.2, 0.25) is 0 Å². The molecule has 5 heteroatoms. The second kappa shape index (κ2) is 6.06. The van der Waals surface area contributed by atoms with Gasteiger partial charge in [0.05, 0.1) is 18.8 Å². The van der Waals surface area contributed by atoms with Gasteiger partial charge in [0.1, 0.15) is 0 Å². The molecular formula is C14H27N3O2. The van der Waals surface area contributed by atoms with Crippen LogP contribution >= 0.6 is 0 Å². The summed E-state index contributed by atoms with van der Waals surface area (Å²) in [5.41, 5.74) is -0.453. The lowest BCUT2D eigenvalue weighted by Gasteiger charge is -2.36. The van der Waals surface area contributed by atoms with E-state index in [1.807, 2.05) is 0 Å². The summed E-state index contributed by atoms with van der Waals surface area (Å²) < 4.78 is 5.42. The van der Waals surface area contributed by atoms with Gasteiger partial charge in [-0.2, -0.15) is 0 Å². The Kier molecular flexibility index (Phi) is 4.39. The van der Waals surface area contributed by atoms with E-state index in [4.69, 9.17) is 4.74 Å². The van der Waals surface area contributed by atoms with Crippen LogP contribution < -0.4 is 5.32 Å². The first-order chi connectivity index (χ1) is 9.25. The third kappa shape index (κ3) is 3.47. The van der Waals surface area contributed by atoms with Crippen LogP contribution in [0.1, 0.15) is 19.3 Å². The number of piperidine rings is 1. The van der Waals surface area contributed by atoms with Crippen LogP contribution in [0.25, 0.3) is 0 Å². The molecule has 5 nitrogen and oxygen atoms in total. The molecule has 0 aromatic carbocycles. The van der Waals surface area contributed by atoms with Crippen LogP contribution in [0.15, 0.2) is 0 Å². The molecule has 0 aromatic heterocycles. The molecule has 0 spiro atoms. The number of nitrogens with zero attached hydrogens (tertiary/aromatic N) is 2. The van der Waals surface area contributed by atoms with Crippen molar-refractivity contribution in [1.29, 1.82) is 0 Å². The van der Waals surface area contributed by atoms with Crippen molar-refractivity contribution in [2.24, 2.45) is 0 Å². The zero-order valence-corrected chi connectivity index (χ0v) is 11.8. The maximum Gasteiger partial charge on any atom is 0.0798 e. The smallest absolute Gasteiger partial charge is 0.0798 e. The predicted octanol–water partition coefficient (Wildman–Crippen LogP) is -0.493. The summed E-state index contributed by atoms with van der Waals surface area (Å²) in [6.45, 7) is 8.94. The van der Waals surface area contributed by atoms with Crippen molar-refractivity contribution in [1.82, 2.24) is 15.1 Å². The molecule has 3 saturated heterocycles. The lowest BCUT2D eigenvalue weighted by atomic mass is 9.92. The van der Waals surface area contributed by atoms with Crippen molar-refractivity contribution in [3.63, 3.8) is 0 Å². The molecule has 110 valence electrons. The average molecular weight is 269 g/mol. The van der Waals surface area contributed by atoms with Crippen molar-refractivity contribution in [2.45, 2.75) is 30.9 Å². The van der Waals surface area contributed by atoms with Gasteiger partial charge in [-0.15, -0.1) is 0 Å². The SMILES string of the molecule is OC1(CN2CCC(N3CCOCC3)C2)CCNCC1. The Morgan fingerprint density at radius 2 is 1.89 bits per heavy atom. The van der Waals surface area contributed by atoms with Gasteiger partial charge in [-0.3, -0.25) is 9.80 Å². The van der Waals surface area contributed by atoms with Crippen LogP contribution in [-0.2, 0) is 4.74 Å². The first kappa shape index (κ1) is 13.8. The fourth-order valence-corrected chi connectivity index (χ4v) is 3.66. The number of β-amino-alcohol motifs (C(OH)–C–C–N with tert-alkyl or cyclic N) is 1. The third-order valence-electron chi connectivity index (χ3n) is 4.86. The van der Waals surface area contributed by atoms with E-state index in [2.05, 4.69) is 15.1 Å². The van der Waals surface area contributed by atoms with E-state index in [9.17, 15) is 5.11 Å². The standard InChI is InChI=1S/C14H27N3O2/c18-14(2-4-15-5-3-14)12-16-6-1-13(11-16)17-7-9-19-10-8-17/h13,15,18H,1-12H2. The zero-order valence-electron chi connectivity index (χ0n) is 11.8. The van der Waals surface area contributed by atoms with Gasteiger partial charge in [-0.1, -0.05) is 0 Å². The fourth-order valence-electron chi connectivity index (χ4n) is 3.66. The van der Waals surface area contributed by atoms with Crippen LogP contribution in [0.4, 0.5) is 0 Å². The largest absolute Gasteiger partial charge is 0.388 e. The van der Waals surface area contributed by atoms with E-state index in [0.717, 1.165) is 71.9 Å². The quantitative estimate of drug-likeness (QED) is 0.724. The number of likely N-dealkylation sites (tertiary alicyclic amines) is 1. The van der Waals surface area contributed by atoms with E-state index >= 15 is 0 Å². The number of aliphatic hydroxyl groups is 1. The summed E-state index contributed by atoms with van der Waals surface area (Å²) in [5, 5.41) is 13.9. The Morgan fingerprint density at radius 1 is 1.16 bits per heavy atom. The van der Waals surface area contributed by atoms with Gasteiger partial charge in [0.15, 0.2) is 0 Å². The summed E-state index contributed by atoms with van der Waals surface area (Å²) in [6.07, 6.45) is 3.03. The number of morpholine rings is 1. The molecule has 3 aliphatic rings. The number of ether oxygens (including phenoxy) is 1. The highest BCUT2D eigenvalue weighted by Gasteiger charge is 2.35. The molecule has 3 rings (SSSR count). The average Bonchev–Trinajstić information content (AvgIpc) is 2.88. The summed E-state index contributed by atoms with van der Waals surface area (Å²) in [6, 6.07) is 0.675. The minimum atomic E-state index is -0.453. The second-order valence-corrected chi connectivity index (χ2v) is 6.30. The number of rotatable bonds is 3. The van der Waals surface area contributed by atoms with Gasteiger partial charge in [0.25, 0.3) is 0 Å². The van der Waals surface area contributed by atoms with E-state index in [0.29, 0.717) is 6.04 Å². The summed E-state index contributed by atoms with van der Waals surface area (Å²) in [5.74, 6) is 0. The summed E-state index contributed by atoms with van der Waals surface area (Å²) in [7, 11) is 0. The highest BCUT2D eigenvalue weighted by atomic mass is 16.5. The van der Waals surface area contributed by atoms with E-state index < -0.39 is 5.60 Å². The predicted molar refractivity (Wildman–Crippen MR) is 74.3 cm³/mol. The summed E-state index contributed by atoms with van der Waals surface area (Å²) in [4.78, 5) is 5.03. The fraction of sp³-hybridized carbons (Fsp3) is 1.00. The highest BCUT2D eigenvalue weighted by Crippen LogP contribution is 2.23. The Hall–Kier alpha value is -0.200. The molecule has 2 N–H and O–H groups in total. The van der Waals surface area contributed by atoms with E-state index in [-0.39, 0.29) is 0 Å². The normalized spacial score (nSPS) is 33.6. The van der Waals surface area contributed by atoms with Gasteiger partial charge in [-0.05, 0) is 38.9 Å². The van der Waals surface area contributed by atoms with Crippen LogP contribution in [0.5, 0.6) is 0 Å². The van der Waals surface area contributed by atoms with Crippen LogP contribution in [0.2, 0.25) is 0 Å². The number of hydrogen-bond donors (Lipinski definition) is 2. The van der Waals surface area contributed by atoms with Gasteiger partial charge >= 0.3 is 0 Å². The van der Waals surface area contributed by atoms with Gasteiger partial charge in [0, 0.05) is 32.2 Å². The Labute approximate surface area is 115 Å². The lowest BCUT2D eigenvalue weighted by Crippen LogP contribution is -2.50. The molecule has 0 bridgehead atoms. The molecule has 1 atom stereocenters. The maximum atomic E-state index is 10.6. The molecule has 19 heavy (non-hydrogen) atoms. The van der Waals surface area contributed by atoms with Crippen LogP contribution in [0.3, 0.4) is 0 Å². The molecule has 3 fully saturated rings. The van der Waals surface area contributed by atoms with Gasteiger partial charge < -0.3 is 15.2 Å². The second-order valence-electron chi connectivity index (χ2n) is 6.30. The number of hydrogen-bond acceptors (Lipinski definition) is 5. The van der Waals surface area contributed by atoms with Crippen molar-refractivity contribution in [2.75, 3.05) is 59.0 Å². The Balaban J connectivity index is 1.48. The van der Waals surface area contributed by atoms with Crippen LogP contribution in [-0.4, -0.2) is 85.6 Å². The first-order valence-electron chi connectivity index (χ1n) is 7.72. The molecule has 3 aliphatic heterocycles. The third-order valence-corrected chi connectivity index (χ3v) is 4.86. The molecule has 0 amide bonds. The minimum Gasteiger partial charge on any atom is -0.388 e. The topological polar surface area (TPSA) is 48.0 Å². The molecular weight excluding hydrogens is 242 g/mol. The first-order valence-corrected chi connectivity index (χ1v) is 7.72. The van der Waals surface area contributed by atoms with Crippen LogP contribution in [0, 0.1) is 0 Å². The molecule has 0 radical (unpaired) electrons. The van der Waals surface area contributed by atoms with E-state index in [1.165, 1.54) is 6.42 Å². The monoisotopic (exact) mass is 269 g/mol. The van der Waals surface area contributed by atoms with Crippen molar-refractivity contribution < 1.29 is 9.84 Å². The van der Waals surface area contributed by atoms with Crippen molar-refractivity contribution >= 4 is 0 Å². The molecule has 3 heterocycles. The highest BCUT2D eigenvalue weighted by molar-refractivity contribution is 4.92. The zero-order chi connectivity index (χ0) is 13.1.